The molecule has 160 valence electrons. The molecule has 0 spiro atoms. The first-order valence-corrected chi connectivity index (χ1v) is 13.5. The van der Waals surface area contributed by atoms with Crippen molar-refractivity contribution < 1.29 is 14.3 Å². The number of aliphatic hydroxyl groups is 1. The third-order valence-corrected chi connectivity index (χ3v) is 10.9. The van der Waals surface area contributed by atoms with Crippen molar-refractivity contribution in [2.45, 2.75) is 84.2 Å². The van der Waals surface area contributed by atoms with E-state index in [1.807, 2.05) is 37.3 Å². The molecule has 5 heteroatoms. The Morgan fingerprint density at radius 3 is 2.29 bits per heavy atom. The predicted octanol–water partition coefficient (Wildman–Crippen LogP) is 5.40. The summed E-state index contributed by atoms with van der Waals surface area (Å²) in [6, 6.07) is 9.26. The van der Waals surface area contributed by atoms with Crippen molar-refractivity contribution in [2.75, 3.05) is 13.7 Å². The number of carbonyl (C=O) groups is 1. The van der Waals surface area contributed by atoms with Crippen LogP contribution in [-0.4, -0.2) is 43.9 Å². The minimum atomic E-state index is -1.73. The minimum absolute atomic E-state index is 0.0292. The number of nitrogens with zero attached hydrogens (tertiary/aromatic N) is 1. The van der Waals surface area contributed by atoms with Crippen molar-refractivity contribution in [1.29, 1.82) is 0 Å². The van der Waals surface area contributed by atoms with Gasteiger partial charge in [-0.25, -0.2) is 0 Å². The molecule has 0 bridgehead atoms. The fraction of sp³-hybridized carbons (Fsp3) is 0.696. The number of likely N-dealkylation sites (N-methyl/N-ethyl adjacent to an activating group) is 1. The largest absolute Gasteiger partial charge is 0.417 e. The zero-order valence-corrected chi connectivity index (χ0v) is 20.2. The lowest BCUT2D eigenvalue weighted by Crippen LogP contribution is -2.42. The van der Waals surface area contributed by atoms with E-state index in [0.29, 0.717) is 6.61 Å². The standard InChI is InChI=1S/C23H41NO3Si/c1-9-19(16-13-17-27-28(7,8)23(3,4)5)22(26)24(6)18(2)21(25)20-14-11-10-12-15-20/h10-12,14-15,18-19,21,25H,9,13,16-17H2,1-8H3/t18-,19+,21+/m0/s1. The van der Waals surface area contributed by atoms with Crippen molar-refractivity contribution in [3.8, 4) is 0 Å². The van der Waals surface area contributed by atoms with E-state index in [-0.39, 0.29) is 22.9 Å². The highest BCUT2D eigenvalue weighted by Crippen LogP contribution is 2.36. The average Bonchev–Trinajstić information content (AvgIpc) is 2.65. The molecule has 0 radical (unpaired) electrons. The fourth-order valence-electron chi connectivity index (χ4n) is 3.01. The van der Waals surface area contributed by atoms with Gasteiger partial charge in [-0.1, -0.05) is 58.0 Å². The van der Waals surface area contributed by atoms with Crippen LogP contribution in [0.3, 0.4) is 0 Å². The van der Waals surface area contributed by atoms with Gasteiger partial charge < -0.3 is 14.4 Å². The van der Waals surface area contributed by atoms with Crippen LogP contribution in [0.25, 0.3) is 0 Å². The Kier molecular flexibility index (Phi) is 9.38. The molecule has 0 heterocycles. The first-order chi connectivity index (χ1) is 12.9. The molecule has 0 aromatic heterocycles. The summed E-state index contributed by atoms with van der Waals surface area (Å²) in [5.41, 5.74) is 0.838. The Balaban J connectivity index is 2.60. The lowest BCUT2D eigenvalue weighted by atomic mass is 9.96. The second-order valence-corrected chi connectivity index (χ2v) is 14.2. The molecule has 0 saturated carbocycles. The number of benzene rings is 1. The third kappa shape index (κ3) is 6.71. The van der Waals surface area contributed by atoms with E-state index >= 15 is 0 Å². The fourth-order valence-corrected chi connectivity index (χ4v) is 4.09. The van der Waals surface area contributed by atoms with Gasteiger partial charge in [-0.3, -0.25) is 4.79 Å². The predicted molar refractivity (Wildman–Crippen MR) is 120 cm³/mol. The molecule has 1 aromatic rings. The summed E-state index contributed by atoms with van der Waals surface area (Å²) < 4.78 is 6.25. The first-order valence-electron chi connectivity index (χ1n) is 10.6. The molecule has 3 atom stereocenters. The zero-order valence-electron chi connectivity index (χ0n) is 19.2. The number of rotatable bonds is 10. The molecule has 0 aliphatic rings. The molecule has 0 unspecified atom stereocenters. The summed E-state index contributed by atoms with van der Waals surface area (Å²) in [7, 11) is 0.0648. The quantitative estimate of drug-likeness (QED) is 0.417. The summed E-state index contributed by atoms with van der Waals surface area (Å²) >= 11 is 0. The molecule has 28 heavy (non-hydrogen) atoms. The Morgan fingerprint density at radius 1 is 1.21 bits per heavy atom. The Labute approximate surface area is 173 Å². The maximum absolute atomic E-state index is 13.0. The van der Waals surface area contributed by atoms with Crippen LogP contribution in [0.5, 0.6) is 0 Å². The van der Waals surface area contributed by atoms with Crippen molar-refractivity contribution >= 4 is 14.2 Å². The molecule has 0 saturated heterocycles. The lowest BCUT2D eigenvalue weighted by Gasteiger charge is -2.36. The Hall–Kier alpha value is -1.17. The zero-order chi connectivity index (χ0) is 21.5. The molecule has 0 fully saturated rings. The van der Waals surface area contributed by atoms with E-state index in [9.17, 15) is 9.90 Å². The lowest BCUT2D eigenvalue weighted by molar-refractivity contribution is -0.138. The van der Waals surface area contributed by atoms with Gasteiger partial charge in [0.25, 0.3) is 0 Å². The van der Waals surface area contributed by atoms with Gasteiger partial charge in [-0.2, -0.15) is 0 Å². The normalized spacial score (nSPS) is 15.8. The van der Waals surface area contributed by atoms with Gasteiger partial charge in [0.2, 0.25) is 5.91 Å². The van der Waals surface area contributed by atoms with Crippen LogP contribution in [0.2, 0.25) is 18.1 Å². The van der Waals surface area contributed by atoms with Crippen LogP contribution >= 0.6 is 0 Å². The van der Waals surface area contributed by atoms with Crippen molar-refractivity contribution in [3.05, 3.63) is 35.9 Å². The monoisotopic (exact) mass is 407 g/mol. The SMILES string of the molecule is CC[C@H](CCCO[Si](C)(C)C(C)(C)C)C(=O)N(C)[C@@H](C)[C@@H](O)c1ccccc1. The van der Waals surface area contributed by atoms with Crippen LogP contribution in [0.1, 0.15) is 65.5 Å². The topological polar surface area (TPSA) is 49.8 Å². The molecule has 4 nitrogen and oxygen atoms in total. The molecule has 0 aliphatic carbocycles. The van der Waals surface area contributed by atoms with Crippen LogP contribution in [0.15, 0.2) is 30.3 Å². The van der Waals surface area contributed by atoms with Crippen LogP contribution in [0.4, 0.5) is 0 Å². The summed E-state index contributed by atoms with van der Waals surface area (Å²) in [6.07, 6.45) is 1.83. The van der Waals surface area contributed by atoms with Crippen molar-refractivity contribution in [2.24, 2.45) is 5.92 Å². The highest BCUT2D eigenvalue weighted by atomic mass is 28.4. The van der Waals surface area contributed by atoms with E-state index in [1.54, 1.807) is 11.9 Å². The van der Waals surface area contributed by atoms with Gasteiger partial charge in [0, 0.05) is 19.6 Å². The molecule has 1 rings (SSSR count). The molecule has 1 N–H and O–H groups in total. The Morgan fingerprint density at radius 2 is 1.79 bits per heavy atom. The molecule has 0 aliphatic heterocycles. The number of hydrogen-bond donors (Lipinski definition) is 1. The number of amides is 1. The van der Waals surface area contributed by atoms with Crippen LogP contribution < -0.4 is 0 Å². The van der Waals surface area contributed by atoms with Gasteiger partial charge in [-0.05, 0) is 49.9 Å². The molecule has 1 amide bonds. The van der Waals surface area contributed by atoms with Crippen molar-refractivity contribution in [3.63, 3.8) is 0 Å². The van der Waals surface area contributed by atoms with E-state index in [0.717, 1.165) is 24.8 Å². The summed E-state index contributed by atoms with van der Waals surface area (Å²) in [6.45, 7) is 15.9. The van der Waals surface area contributed by atoms with Gasteiger partial charge in [0.1, 0.15) is 0 Å². The maximum Gasteiger partial charge on any atom is 0.225 e. The molecular weight excluding hydrogens is 366 g/mol. The highest BCUT2D eigenvalue weighted by molar-refractivity contribution is 6.74. The van der Waals surface area contributed by atoms with Gasteiger partial charge in [0.15, 0.2) is 8.32 Å². The maximum atomic E-state index is 13.0. The number of carbonyl (C=O) groups excluding carboxylic acids is 1. The van der Waals surface area contributed by atoms with Crippen molar-refractivity contribution in [1.82, 2.24) is 4.90 Å². The number of hydrogen-bond acceptors (Lipinski definition) is 3. The summed E-state index contributed by atoms with van der Waals surface area (Å²) in [4.78, 5) is 14.7. The molecule has 1 aromatic carbocycles. The van der Waals surface area contributed by atoms with Crippen LogP contribution in [-0.2, 0) is 9.22 Å². The van der Waals surface area contributed by atoms with Gasteiger partial charge in [0.05, 0.1) is 12.1 Å². The number of aliphatic hydroxyl groups excluding tert-OH is 1. The second kappa shape index (κ2) is 10.6. The third-order valence-electron chi connectivity index (χ3n) is 6.36. The average molecular weight is 408 g/mol. The van der Waals surface area contributed by atoms with Gasteiger partial charge in [-0.15, -0.1) is 0 Å². The second-order valence-electron chi connectivity index (χ2n) is 9.40. The summed E-state index contributed by atoms with van der Waals surface area (Å²) in [5, 5.41) is 10.8. The van der Waals surface area contributed by atoms with E-state index in [4.69, 9.17) is 4.43 Å². The minimum Gasteiger partial charge on any atom is -0.417 e. The smallest absolute Gasteiger partial charge is 0.225 e. The van der Waals surface area contributed by atoms with E-state index < -0.39 is 14.4 Å². The van der Waals surface area contributed by atoms with E-state index in [2.05, 4.69) is 40.8 Å². The van der Waals surface area contributed by atoms with Gasteiger partial charge >= 0.3 is 0 Å². The summed E-state index contributed by atoms with van der Waals surface area (Å²) in [5.74, 6) is 0.0794. The molecular formula is C23H41NO3Si. The van der Waals surface area contributed by atoms with E-state index in [1.165, 1.54) is 0 Å². The van der Waals surface area contributed by atoms with Crippen LogP contribution in [0, 0.1) is 5.92 Å². The highest BCUT2D eigenvalue weighted by Gasteiger charge is 2.37. The first kappa shape index (κ1) is 24.9. The Bertz CT molecular complexity index is 598.